The van der Waals surface area contributed by atoms with Gasteiger partial charge in [-0.25, -0.2) is 0 Å². The molecule has 0 spiro atoms. The average Bonchev–Trinajstić information content (AvgIpc) is 2.62. The molecule has 3 rings (SSSR count). The lowest BCUT2D eigenvalue weighted by Gasteiger charge is -2.31. The fourth-order valence-corrected chi connectivity index (χ4v) is 3.07. The van der Waals surface area contributed by atoms with E-state index in [2.05, 4.69) is 0 Å². The highest BCUT2D eigenvalue weighted by atomic mass is 35.5. The van der Waals surface area contributed by atoms with Crippen molar-refractivity contribution in [3.8, 4) is 11.5 Å². The summed E-state index contributed by atoms with van der Waals surface area (Å²) in [5.41, 5.74) is 6.38. The van der Waals surface area contributed by atoms with Crippen molar-refractivity contribution in [1.29, 1.82) is 0 Å². The van der Waals surface area contributed by atoms with Gasteiger partial charge in [-0.05, 0) is 67.8 Å². The van der Waals surface area contributed by atoms with Crippen molar-refractivity contribution >= 4 is 29.9 Å². The van der Waals surface area contributed by atoms with Crippen molar-refractivity contribution < 1.29 is 9.53 Å². The van der Waals surface area contributed by atoms with Gasteiger partial charge in [0.25, 0.3) is 5.91 Å². The Labute approximate surface area is 159 Å². The maximum Gasteiger partial charge on any atom is 0.253 e. The maximum atomic E-state index is 12.5. The molecule has 0 aliphatic carbocycles. The predicted molar refractivity (Wildman–Crippen MR) is 103 cm³/mol. The van der Waals surface area contributed by atoms with Gasteiger partial charge in [0.1, 0.15) is 11.5 Å². The van der Waals surface area contributed by atoms with Gasteiger partial charge in [0.15, 0.2) is 0 Å². The van der Waals surface area contributed by atoms with E-state index in [0.717, 1.165) is 25.9 Å². The summed E-state index contributed by atoms with van der Waals surface area (Å²) in [7, 11) is 0. The fourth-order valence-electron chi connectivity index (χ4n) is 2.89. The molecule has 25 heavy (non-hydrogen) atoms. The third kappa shape index (κ3) is 5.11. The number of piperidine rings is 1. The van der Waals surface area contributed by atoms with Crippen LogP contribution in [-0.2, 0) is 0 Å². The van der Waals surface area contributed by atoms with E-state index >= 15 is 0 Å². The van der Waals surface area contributed by atoms with E-state index in [4.69, 9.17) is 22.1 Å². The molecule has 0 unspecified atom stereocenters. The first-order chi connectivity index (χ1) is 11.7. The molecule has 1 aliphatic rings. The zero-order valence-corrected chi connectivity index (χ0v) is 15.4. The van der Waals surface area contributed by atoms with Crippen LogP contribution in [0.4, 0.5) is 0 Å². The van der Waals surface area contributed by atoms with E-state index in [1.807, 2.05) is 17.0 Å². The Morgan fingerprint density at radius 2 is 1.80 bits per heavy atom. The van der Waals surface area contributed by atoms with Gasteiger partial charge in [-0.15, -0.1) is 12.4 Å². The first-order valence-corrected chi connectivity index (χ1v) is 8.56. The molecule has 1 saturated heterocycles. The van der Waals surface area contributed by atoms with Gasteiger partial charge in [0.05, 0.1) is 0 Å². The van der Waals surface area contributed by atoms with Gasteiger partial charge in [-0.1, -0.05) is 17.7 Å². The second kappa shape index (κ2) is 9.09. The molecule has 4 nitrogen and oxygen atoms in total. The number of benzene rings is 2. The number of carbonyl (C=O) groups is 1. The first-order valence-electron chi connectivity index (χ1n) is 8.18. The normalized spacial score (nSPS) is 14.7. The Balaban J connectivity index is 0.00000225. The van der Waals surface area contributed by atoms with Crippen LogP contribution in [0.2, 0.25) is 5.02 Å². The zero-order chi connectivity index (χ0) is 16.9. The van der Waals surface area contributed by atoms with Crippen LogP contribution in [0, 0.1) is 5.92 Å². The average molecular weight is 381 g/mol. The number of hydrogen-bond acceptors (Lipinski definition) is 3. The van der Waals surface area contributed by atoms with Crippen LogP contribution in [0.15, 0.2) is 48.5 Å². The minimum absolute atomic E-state index is 0. The number of amides is 1. The monoisotopic (exact) mass is 380 g/mol. The summed E-state index contributed by atoms with van der Waals surface area (Å²) >= 11 is 5.95. The predicted octanol–water partition coefficient (Wildman–Crippen LogP) is 4.37. The molecule has 2 aromatic rings. The summed E-state index contributed by atoms with van der Waals surface area (Å²) in [5, 5.41) is 0.625. The number of halogens is 2. The molecule has 6 heteroatoms. The molecule has 134 valence electrons. The SMILES string of the molecule is Cl.NCC1CCN(C(=O)c2ccc(Oc3cccc(Cl)c3)cc2)CC1. The van der Waals surface area contributed by atoms with Crippen molar-refractivity contribution in [2.45, 2.75) is 12.8 Å². The van der Waals surface area contributed by atoms with Crippen LogP contribution >= 0.6 is 24.0 Å². The number of likely N-dealkylation sites (tertiary alicyclic amines) is 1. The van der Waals surface area contributed by atoms with E-state index in [1.165, 1.54) is 0 Å². The van der Waals surface area contributed by atoms with Crippen molar-refractivity contribution in [2.75, 3.05) is 19.6 Å². The number of rotatable bonds is 4. The second-order valence-electron chi connectivity index (χ2n) is 6.06. The lowest BCUT2D eigenvalue weighted by molar-refractivity contribution is 0.0693. The van der Waals surface area contributed by atoms with Crippen LogP contribution in [0.1, 0.15) is 23.2 Å². The van der Waals surface area contributed by atoms with E-state index in [1.54, 1.807) is 36.4 Å². The fraction of sp³-hybridized carbons (Fsp3) is 0.316. The Morgan fingerprint density at radius 3 is 2.40 bits per heavy atom. The summed E-state index contributed by atoms with van der Waals surface area (Å²) < 4.78 is 5.74. The minimum Gasteiger partial charge on any atom is -0.457 e. The molecular formula is C19H22Cl2N2O2. The first kappa shape index (κ1) is 19.6. The second-order valence-corrected chi connectivity index (χ2v) is 6.49. The maximum absolute atomic E-state index is 12.5. The molecule has 0 atom stereocenters. The topological polar surface area (TPSA) is 55.6 Å². The van der Waals surface area contributed by atoms with Crippen LogP contribution in [0.5, 0.6) is 11.5 Å². The highest BCUT2D eigenvalue weighted by Gasteiger charge is 2.22. The standard InChI is InChI=1S/C19H21ClN2O2.ClH/c20-16-2-1-3-18(12-16)24-17-6-4-15(5-7-17)19(23)22-10-8-14(13-21)9-11-22;/h1-7,12,14H,8-11,13,21H2;1H. The summed E-state index contributed by atoms with van der Waals surface area (Å²) in [6.07, 6.45) is 1.97. The molecule has 1 fully saturated rings. The van der Waals surface area contributed by atoms with Gasteiger partial charge in [-0.2, -0.15) is 0 Å². The van der Waals surface area contributed by atoms with Gasteiger partial charge >= 0.3 is 0 Å². The third-order valence-electron chi connectivity index (χ3n) is 4.37. The van der Waals surface area contributed by atoms with E-state index < -0.39 is 0 Å². The summed E-state index contributed by atoms with van der Waals surface area (Å²) in [4.78, 5) is 14.4. The van der Waals surface area contributed by atoms with Gasteiger partial charge in [-0.3, -0.25) is 4.79 Å². The zero-order valence-electron chi connectivity index (χ0n) is 13.9. The number of ether oxygens (including phenoxy) is 1. The van der Waals surface area contributed by atoms with Crippen LogP contribution in [0.25, 0.3) is 0 Å². The minimum atomic E-state index is 0. The van der Waals surface area contributed by atoms with Crippen molar-refractivity contribution in [2.24, 2.45) is 11.7 Å². The molecule has 1 heterocycles. The molecular weight excluding hydrogens is 359 g/mol. The Bertz CT molecular complexity index is 699. The quantitative estimate of drug-likeness (QED) is 0.856. The largest absolute Gasteiger partial charge is 0.457 e. The molecule has 1 aliphatic heterocycles. The Kier molecular flexibility index (Phi) is 7.12. The molecule has 2 aromatic carbocycles. The molecule has 1 amide bonds. The van der Waals surface area contributed by atoms with Gasteiger partial charge < -0.3 is 15.4 Å². The van der Waals surface area contributed by atoms with Crippen LogP contribution in [0.3, 0.4) is 0 Å². The lowest BCUT2D eigenvalue weighted by atomic mass is 9.96. The number of nitrogens with zero attached hydrogens (tertiary/aromatic N) is 1. The molecule has 0 aromatic heterocycles. The molecule has 0 saturated carbocycles. The highest BCUT2D eigenvalue weighted by molar-refractivity contribution is 6.30. The summed E-state index contributed by atoms with van der Waals surface area (Å²) in [5.74, 6) is 1.96. The molecule has 0 bridgehead atoms. The number of hydrogen-bond donors (Lipinski definition) is 1. The van der Waals surface area contributed by atoms with Crippen LogP contribution in [-0.4, -0.2) is 30.4 Å². The van der Waals surface area contributed by atoms with Gasteiger partial charge in [0.2, 0.25) is 0 Å². The van der Waals surface area contributed by atoms with Gasteiger partial charge in [0, 0.05) is 23.7 Å². The molecule has 2 N–H and O–H groups in total. The number of carbonyl (C=O) groups excluding carboxylic acids is 1. The Hall–Kier alpha value is -1.75. The lowest BCUT2D eigenvalue weighted by Crippen LogP contribution is -2.40. The van der Waals surface area contributed by atoms with E-state index in [9.17, 15) is 4.79 Å². The Morgan fingerprint density at radius 1 is 1.12 bits per heavy atom. The summed E-state index contributed by atoms with van der Waals surface area (Å²) in [6, 6.07) is 14.4. The van der Waals surface area contributed by atoms with Crippen molar-refractivity contribution in [3.63, 3.8) is 0 Å². The molecule has 0 radical (unpaired) electrons. The van der Waals surface area contributed by atoms with E-state index in [0.29, 0.717) is 34.5 Å². The van der Waals surface area contributed by atoms with Crippen LogP contribution < -0.4 is 10.5 Å². The van der Waals surface area contributed by atoms with Crippen molar-refractivity contribution in [1.82, 2.24) is 4.90 Å². The highest BCUT2D eigenvalue weighted by Crippen LogP contribution is 2.25. The summed E-state index contributed by atoms with van der Waals surface area (Å²) in [6.45, 7) is 2.26. The third-order valence-corrected chi connectivity index (χ3v) is 4.60. The number of nitrogens with two attached hydrogens (primary N) is 1. The van der Waals surface area contributed by atoms with E-state index in [-0.39, 0.29) is 18.3 Å². The van der Waals surface area contributed by atoms with Crippen molar-refractivity contribution in [3.05, 3.63) is 59.1 Å². The smallest absolute Gasteiger partial charge is 0.253 e.